The first-order valence-electron chi connectivity index (χ1n) is 9.57. The van der Waals surface area contributed by atoms with Gasteiger partial charge in [-0.25, -0.2) is 8.42 Å². The minimum absolute atomic E-state index is 0.0463. The molecule has 1 aromatic carbocycles. The number of methoxy groups -OCH3 is 1. The molecule has 7 nitrogen and oxygen atoms in total. The third-order valence-electron chi connectivity index (χ3n) is 7.10. The van der Waals surface area contributed by atoms with Crippen LogP contribution in [0.25, 0.3) is 0 Å². The standard InChI is InChI=1S/C20H24O7S/c1-12(21)25-10-20-15-9-28(22,23)11-19(20)8-14(13-6-4-3-5-7-13)17(27-19)16(20)18(24-2)26-15/h3-7,14-18H,8-11H2,1-2H3/t14-,15-,16-,17+,18+,19+,20+/m1/s1. The van der Waals surface area contributed by atoms with Gasteiger partial charge in [0.2, 0.25) is 0 Å². The first kappa shape index (κ1) is 18.5. The van der Waals surface area contributed by atoms with E-state index in [1.807, 2.05) is 30.3 Å². The number of carbonyl (C=O) groups excluding carboxylic acids is 1. The molecule has 0 amide bonds. The monoisotopic (exact) mass is 408 g/mol. The molecule has 8 heteroatoms. The second kappa shape index (κ2) is 6.01. The van der Waals surface area contributed by atoms with Crippen molar-refractivity contribution in [2.24, 2.45) is 11.3 Å². The van der Waals surface area contributed by atoms with E-state index in [0.717, 1.165) is 5.56 Å². The summed E-state index contributed by atoms with van der Waals surface area (Å²) in [4.78, 5) is 11.6. The van der Waals surface area contributed by atoms with Crippen molar-refractivity contribution < 1.29 is 32.2 Å². The number of carbonyl (C=O) groups is 1. The Kier molecular flexibility index (Phi) is 3.98. The quantitative estimate of drug-likeness (QED) is 0.694. The third-order valence-corrected chi connectivity index (χ3v) is 8.82. The first-order valence-corrected chi connectivity index (χ1v) is 11.4. The number of esters is 1. The molecule has 28 heavy (non-hydrogen) atoms. The third kappa shape index (κ3) is 2.32. The summed E-state index contributed by atoms with van der Waals surface area (Å²) >= 11 is 0. The van der Waals surface area contributed by atoms with Crippen molar-refractivity contribution in [2.75, 3.05) is 25.2 Å². The van der Waals surface area contributed by atoms with Crippen molar-refractivity contribution in [3.63, 3.8) is 0 Å². The van der Waals surface area contributed by atoms with Crippen molar-refractivity contribution in [3.8, 4) is 0 Å². The van der Waals surface area contributed by atoms with Crippen LogP contribution in [0.5, 0.6) is 0 Å². The topological polar surface area (TPSA) is 88.1 Å². The van der Waals surface area contributed by atoms with Gasteiger partial charge >= 0.3 is 5.97 Å². The molecule has 5 rings (SSSR count). The van der Waals surface area contributed by atoms with Crippen LogP contribution < -0.4 is 0 Å². The van der Waals surface area contributed by atoms with E-state index >= 15 is 0 Å². The van der Waals surface area contributed by atoms with Crippen LogP contribution in [0.4, 0.5) is 0 Å². The largest absolute Gasteiger partial charge is 0.465 e. The van der Waals surface area contributed by atoms with E-state index in [9.17, 15) is 13.2 Å². The Morgan fingerprint density at radius 2 is 2.04 bits per heavy atom. The predicted molar refractivity (Wildman–Crippen MR) is 98.3 cm³/mol. The maximum absolute atomic E-state index is 12.8. The van der Waals surface area contributed by atoms with Crippen molar-refractivity contribution in [1.29, 1.82) is 0 Å². The highest BCUT2D eigenvalue weighted by Gasteiger charge is 2.82. The summed E-state index contributed by atoms with van der Waals surface area (Å²) in [6.45, 7) is 1.45. The summed E-state index contributed by atoms with van der Waals surface area (Å²) in [5, 5.41) is 0. The fourth-order valence-corrected chi connectivity index (χ4v) is 8.29. The van der Waals surface area contributed by atoms with Gasteiger partial charge in [0, 0.05) is 20.0 Å². The van der Waals surface area contributed by atoms with Gasteiger partial charge in [0.15, 0.2) is 16.1 Å². The lowest BCUT2D eigenvalue weighted by Gasteiger charge is -2.50. The van der Waals surface area contributed by atoms with Crippen LogP contribution in [0.1, 0.15) is 24.8 Å². The summed E-state index contributed by atoms with van der Waals surface area (Å²) in [6, 6.07) is 10.0. The highest BCUT2D eigenvalue weighted by molar-refractivity contribution is 7.91. The van der Waals surface area contributed by atoms with E-state index in [0.29, 0.717) is 6.42 Å². The molecule has 0 aliphatic carbocycles. The number of ether oxygens (including phenoxy) is 4. The van der Waals surface area contributed by atoms with Crippen molar-refractivity contribution in [1.82, 2.24) is 0 Å². The number of hydrogen-bond donors (Lipinski definition) is 0. The lowest BCUT2D eigenvalue weighted by atomic mass is 9.55. The van der Waals surface area contributed by atoms with Crippen LogP contribution in [0.2, 0.25) is 0 Å². The Labute approximate surface area is 164 Å². The Morgan fingerprint density at radius 1 is 1.29 bits per heavy atom. The molecule has 1 aromatic rings. The Balaban J connectivity index is 1.64. The summed E-state index contributed by atoms with van der Waals surface area (Å²) in [6.07, 6.45) is -0.884. The molecule has 1 spiro atoms. The van der Waals surface area contributed by atoms with Crippen LogP contribution in [-0.2, 0) is 33.6 Å². The smallest absolute Gasteiger partial charge is 0.302 e. The van der Waals surface area contributed by atoms with Gasteiger partial charge in [0.05, 0.1) is 40.6 Å². The lowest BCUT2D eigenvalue weighted by Crippen LogP contribution is -2.65. The molecule has 152 valence electrons. The molecule has 4 heterocycles. The average molecular weight is 408 g/mol. The zero-order chi connectivity index (χ0) is 19.7. The molecular formula is C20H24O7S. The summed E-state index contributed by atoms with van der Waals surface area (Å²) < 4.78 is 49.3. The van der Waals surface area contributed by atoms with Crippen molar-refractivity contribution in [3.05, 3.63) is 35.9 Å². The number of rotatable bonds is 4. The van der Waals surface area contributed by atoms with Crippen molar-refractivity contribution >= 4 is 15.8 Å². The van der Waals surface area contributed by atoms with Crippen LogP contribution in [0, 0.1) is 11.3 Å². The van der Waals surface area contributed by atoms with Crippen molar-refractivity contribution in [2.45, 2.75) is 43.4 Å². The molecule has 0 radical (unpaired) electrons. The van der Waals surface area contributed by atoms with E-state index in [1.165, 1.54) is 6.92 Å². The minimum atomic E-state index is -3.38. The van der Waals surface area contributed by atoms with E-state index in [2.05, 4.69) is 0 Å². The molecule has 7 atom stereocenters. The average Bonchev–Trinajstić information content (AvgIpc) is 3.25. The molecule has 0 N–H and O–H groups in total. The van der Waals surface area contributed by atoms with Gasteiger partial charge in [-0.05, 0) is 12.0 Å². The van der Waals surface area contributed by atoms with Crippen LogP contribution in [-0.4, -0.2) is 63.7 Å². The Morgan fingerprint density at radius 3 is 2.71 bits per heavy atom. The minimum Gasteiger partial charge on any atom is -0.465 e. The molecule has 0 unspecified atom stereocenters. The molecule has 4 aliphatic rings. The second-order valence-electron chi connectivity index (χ2n) is 8.43. The van der Waals surface area contributed by atoms with Crippen LogP contribution in [0.15, 0.2) is 30.3 Å². The fourth-order valence-electron chi connectivity index (χ4n) is 6.17. The maximum atomic E-state index is 12.8. The van der Waals surface area contributed by atoms with Gasteiger partial charge < -0.3 is 18.9 Å². The van der Waals surface area contributed by atoms with E-state index in [-0.39, 0.29) is 36.1 Å². The SMILES string of the molecule is CO[C@H]1O[C@@H]2CS(=O)(=O)C[C@]34C[C@H](c5ccccc5)[C@H](O3)[C@H]1[C@]24COC(C)=O. The van der Waals surface area contributed by atoms with Gasteiger partial charge in [-0.2, -0.15) is 0 Å². The molecule has 4 aliphatic heterocycles. The first-order chi connectivity index (χ1) is 13.3. The second-order valence-corrected chi connectivity index (χ2v) is 10.5. The summed E-state index contributed by atoms with van der Waals surface area (Å²) in [7, 11) is -1.81. The Hall–Kier alpha value is -1.48. The van der Waals surface area contributed by atoms with Gasteiger partial charge in [0.1, 0.15) is 6.61 Å². The number of sulfone groups is 1. The maximum Gasteiger partial charge on any atom is 0.302 e. The van der Waals surface area contributed by atoms with Crippen LogP contribution >= 0.6 is 0 Å². The predicted octanol–water partition coefficient (Wildman–Crippen LogP) is 1.28. The summed E-state index contributed by atoms with van der Waals surface area (Å²) in [5.41, 5.74) is -0.528. The molecule has 0 saturated carbocycles. The molecule has 0 aromatic heterocycles. The van der Waals surface area contributed by atoms with Gasteiger partial charge in [0.25, 0.3) is 0 Å². The molecular weight excluding hydrogens is 384 g/mol. The fraction of sp³-hybridized carbons (Fsp3) is 0.650. The van der Waals surface area contributed by atoms with E-state index in [4.69, 9.17) is 18.9 Å². The zero-order valence-electron chi connectivity index (χ0n) is 15.9. The zero-order valence-corrected chi connectivity index (χ0v) is 16.7. The number of hydrogen-bond acceptors (Lipinski definition) is 7. The lowest BCUT2D eigenvalue weighted by molar-refractivity contribution is -0.166. The number of benzene rings is 1. The molecule has 4 saturated heterocycles. The van der Waals surface area contributed by atoms with Crippen LogP contribution in [0.3, 0.4) is 0 Å². The Bertz CT molecular complexity index is 900. The molecule has 4 fully saturated rings. The highest BCUT2D eigenvalue weighted by atomic mass is 32.2. The number of fused-ring (bicyclic) bond motifs is 2. The van der Waals surface area contributed by atoms with Gasteiger partial charge in [-0.15, -0.1) is 0 Å². The molecule has 2 bridgehead atoms. The van der Waals surface area contributed by atoms with Gasteiger partial charge in [-0.3, -0.25) is 4.79 Å². The van der Waals surface area contributed by atoms with E-state index < -0.39 is 39.2 Å². The highest BCUT2D eigenvalue weighted by Crippen LogP contribution is 2.70. The van der Waals surface area contributed by atoms with E-state index in [1.54, 1.807) is 7.11 Å². The van der Waals surface area contributed by atoms with Gasteiger partial charge in [-0.1, -0.05) is 30.3 Å². The normalized spacial score (nSPS) is 45.0. The summed E-state index contributed by atoms with van der Waals surface area (Å²) in [5.74, 6) is -0.721.